The minimum absolute atomic E-state index is 0.0200. The number of nitrogens with zero attached hydrogens (tertiary/aromatic N) is 1. The molecule has 1 fully saturated rings. The Morgan fingerprint density at radius 1 is 1.24 bits per heavy atom. The molecule has 1 aromatic heterocycles. The molecular weight excluding hydrogens is 338 g/mol. The van der Waals surface area contributed by atoms with Crippen molar-refractivity contribution in [1.82, 2.24) is 4.57 Å². The SMILES string of the molecule is Cc1cc(-c2cc(OCC3(C)COC3)cc(S(C)=O)c2)cn(C)c1=O. The smallest absolute Gasteiger partial charge is 0.253 e. The first kappa shape index (κ1) is 17.9. The van der Waals surface area contributed by atoms with Crippen LogP contribution in [-0.2, 0) is 22.6 Å². The lowest BCUT2D eigenvalue weighted by atomic mass is 9.90. The average molecular weight is 361 g/mol. The van der Waals surface area contributed by atoms with Gasteiger partial charge in [0.2, 0.25) is 0 Å². The van der Waals surface area contributed by atoms with Gasteiger partial charge in [-0.3, -0.25) is 9.00 Å². The summed E-state index contributed by atoms with van der Waals surface area (Å²) in [6, 6.07) is 7.48. The molecular formula is C19H23NO4S. The van der Waals surface area contributed by atoms with Crippen molar-refractivity contribution in [3.05, 3.63) is 46.4 Å². The van der Waals surface area contributed by atoms with Crippen LogP contribution in [0.5, 0.6) is 5.75 Å². The van der Waals surface area contributed by atoms with E-state index < -0.39 is 10.8 Å². The molecule has 1 aliphatic heterocycles. The van der Waals surface area contributed by atoms with Crippen LogP contribution in [0.1, 0.15) is 12.5 Å². The van der Waals surface area contributed by atoms with Gasteiger partial charge >= 0.3 is 0 Å². The quantitative estimate of drug-likeness (QED) is 0.821. The maximum Gasteiger partial charge on any atom is 0.253 e. The second kappa shape index (κ2) is 6.77. The fraction of sp³-hybridized carbons (Fsp3) is 0.421. The van der Waals surface area contributed by atoms with Crippen LogP contribution in [0.2, 0.25) is 0 Å². The third kappa shape index (κ3) is 3.85. The lowest BCUT2D eigenvalue weighted by molar-refractivity contribution is -0.120. The van der Waals surface area contributed by atoms with E-state index in [-0.39, 0.29) is 11.0 Å². The highest BCUT2D eigenvalue weighted by Gasteiger charge is 2.34. The summed E-state index contributed by atoms with van der Waals surface area (Å²) < 4.78 is 24.8. The van der Waals surface area contributed by atoms with E-state index in [1.54, 1.807) is 31.0 Å². The van der Waals surface area contributed by atoms with Gasteiger partial charge in [0.15, 0.2) is 0 Å². The van der Waals surface area contributed by atoms with Crippen LogP contribution in [0.25, 0.3) is 11.1 Å². The minimum atomic E-state index is -1.12. The number of benzene rings is 1. The Morgan fingerprint density at radius 2 is 1.96 bits per heavy atom. The van der Waals surface area contributed by atoms with E-state index in [2.05, 4.69) is 6.92 Å². The maximum absolute atomic E-state index is 12.0. The van der Waals surface area contributed by atoms with Gasteiger partial charge in [-0.2, -0.15) is 0 Å². The average Bonchev–Trinajstić information content (AvgIpc) is 2.55. The predicted octanol–water partition coefficient (Wildman–Crippen LogP) is 2.51. The third-order valence-corrected chi connectivity index (χ3v) is 5.30. The van der Waals surface area contributed by atoms with Gasteiger partial charge in [-0.15, -0.1) is 0 Å². The van der Waals surface area contributed by atoms with Crippen LogP contribution in [0.4, 0.5) is 0 Å². The highest BCUT2D eigenvalue weighted by atomic mass is 32.2. The highest BCUT2D eigenvalue weighted by Crippen LogP contribution is 2.31. The molecule has 0 radical (unpaired) electrons. The van der Waals surface area contributed by atoms with Crippen molar-refractivity contribution < 1.29 is 13.7 Å². The lowest BCUT2D eigenvalue weighted by Crippen LogP contribution is -2.44. The van der Waals surface area contributed by atoms with Crippen molar-refractivity contribution >= 4 is 10.8 Å². The molecule has 0 saturated carbocycles. The molecule has 0 bridgehead atoms. The molecule has 1 aliphatic rings. The summed E-state index contributed by atoms with van der Waals surface area (Å²) in [4.78, 5) is 12.6. The lowest BCUT2D eigenvalue weighted by Gasteiger charge is -2.37. The van der Waals surface area contributed by atoms with Crippen LogP contribution >= 0.6 is 0 Å². The van der Waals surface area contributed by atoms with Gasteiger partial charge in [0.1, 0.15) is 5.75 Å². The van der Waals surface area contributed by atoms with Crippen molar-refractivity contribution in [1.29, 1.82) is 0 Å². The van der Waals surface area contributed by atoms with Gasteiger partial charge in [0, 0.05) is 46.2 Å². The Balaban J connectivity index is 1.98. The summed E-state index contributed by atoms with van der Waals surface area (Å²) >= 11 is 0. The normalized spacial score (nSPS) is 17.0. The van der Waals surface area contributed by atoms with Gasteiger partial charge in [-0.25, -0.2) is 0 Å². The zero-order valence-corrected chi connectivity index (χ0v) is 15.8. The van der Waals surface area contributed by atoms with Gasteiger partial charge in [0.05, 0.1) is 19.8 Å². The maximum atomic E-state index is 12.0. The summed E-state index contributed by atoms with van der Waals surface area (Å²) in [5.74, 6) is 0.683. The van der Waals surface area contributed by atoms with E-state index in [0.29, 0.717) is 36.0 Å². The molecule has 2 heterocycles. The Bertz CT molecular complexity index is 857. The van der Waals surface area contributed by atoms with E-state index in [0.717, 1.165) is 11.1 Å². The van der Waals surface area contributed by atoms with E-state index in [9.17, 15) is 9.00 Å². The molecule has 1 aromatic carbocycles. The molecule has 0 spiro atoms. The van der Waals surface area contributed by atoms with Gasteiger partial charge < -0.3 is 14.0 Å². The van der Waals surface area contributed by atoms with E-state index in [4.69, 9.17) is 9.47 Å². The molecule has 25 heavy (non-hydrogen) atoms. The van der Waals surface area contributed by atoms with E-state index in [1.807, 2.05) is 24.3 Å². The van der Waals surface area contributed by atoms with Crippen LogP contribution in [0, 0.1) is 12.3 Å². The predicted molar refractivity (Wildman–Crippen MR) is 98.6 cm³/mol. The molecule has 2 aromatic rings. The zero-order valence-electron chi connectivity index (χ0n) is 15.0. The molecule has 134 valence electrons. The van der Waals surface area contributed by atoms with Gasteiger partial charge in [-0.05, 0) is 42.3 Å². The fourth-order valence-corrected chi connectivity index (χ4v) is 3.39. The molecule has 0 N–H and O–H groups in total. The molecule has 1 atom stereocenters. The summed E-state index contributed by atoms with van der Waals surface area (Å²) in [6.07, 6.45) is 3.44. The van der Waals surface area contributed by atoms with Crippen molar-refractivity contribution in [3.8, 4) is 16.9 Å². The summed E-state index contributed by atoms with van der Waals surface area (Å²) in [7, 11) is 0.608. The number of aromatic nitrogens is 1. The third-order valence-electron chi connectivity index (χ3n) is 4.40. The van der Waals surface area contributed by atoms with Crippen LogP contribution < -0.4 is 10.3 Å². The molecule has 0 amide bonds. The molecule has 3 rings (SSSR count). The zero-order chi connectivity index (χ0) is 18.2. The second-order valence-corrected chi connectivity index (χ2v) is 8.45. The molecule has 5 nitrogen and oxygen atoms in total. The first-order valence-corrected chi connectivity index (χ1v) is 9.70. The molecule has 6 heteroatoms. The van der Waals surface area contributed by atoms with E-state index in [1.165, 1.54) is 0 Å². The van der Waals surface area contributed by atoms with Crippen LogP contribution in [-0.4, -0.2) is 34.9 Å². The molecule has 0 aliphatic carbocycles. The van der Waals surface area contributed by atoms with Gasteiger partial charge in [0.25, 0.3) is 5.56 Å². The first-order valence-electron chi connectivity index (χ1n) is 8.14. The summed E-state index contributed by atoms with van der Waals surface area (Å²) in [5, 5.41) is 0. The van der Waals surface area contributed by atoms with Crippen molar-refractivity contribution in [2.45, 2.75) is 18.7 Å². The monoisotopic (exact) mass is 361 g/mol. The number of hydrogen-bond acceptors (Lipinski definition) is 4. The Hall–Kier alpha value is -1.92. The van der Waals surface area contributed by atoms with Crippen LogP contribution in [0.15, 0.2) is 40.2 Å². The number of ether oxygens (including phenoxy) is 2. The van der Waals surface area contributed by atoms with Crippen LogP contribution in [0.3, 0.4) is 0 Å². The van der Waals surface area contributed by atoms with Crippen molar-refractivity contribution in [2.75, 3.05) is 26.1 Å². The fourth-order valence-electron chi connectivity index (χ4n) is 2.81. The number of rotatable bonds is 5. The largest absolute Gasteiger partial charge is 0.493 e. The summed E-state index contributed by atoms with van der Waals surface area (Å²) in [6.45, 7) is 5.86. The topological polar surface area (TPSA) is 57.5 Å². The first-order chi connectivity index (χ1) is 11.8. The Morgan fingerprint density at radius 3 is 2.52 bits per heavy atom. The van der Waals surface area contributed by atoms with E-state index >= 15 is 0 Å². The number of pyridine rings is 1. The highest BCUT2D eigenvalue weighted by molar-refractivity contribution is 7.84. The summed E-state index contributed by atoms with van der Waals surface area (Å²) in [5.41, 5.74) is 2.47. The Kier molecular flexibility index (Phi) is 4.84. The van der Waals surface area contributed by atoms with Crippen molar-refractivity contribution in [3.63, 3.8) is 0 Å². The second-order valence-electron chi connectivity index (χ2n) is 7.07. The van der Waals surface area contributed by atoms with Crippen molar-refractivity contribution in [2.24, 2.45) is 12.5 Å². The molecule has 1 unspecified atom stereocenters. The minimum Gasteiger partial charge on any atom is -0.493 e. The van der Waals surface area contributed by atoms with Gasteiger partial charge in [-0.1, -0.05) is 6.92 Å². The Labute approximate surface area is 150 Å². The standard InChI is InChI=1S/C19H23NO4S/c1-13-5-15(9-20(3)18(13)21)14-6-16(8-17(7-14)25(4)22)24-12-19(2)10-23-11-19/h5-9H,10-12H2,1-4H3. The number of hydrogen-bond donors (Lipinski definition) is 0. The molecule has 1 saturated heterocycles. The number of aryl methyl sites for hydroxylation is 2.